The molecule has 0 N–H and O–H groups in total. The normalized spacial score (nSPS) is 15.9. The first-order valence-corrected chi connectivity index (χ1v) is 16.5. The quantitative estimate of drug-likeness (QED) is 0.165. The van der Waals surface area contributed by atoms with Crippen LogP contribution in [-0.4, -0.2) is 9.97 Å². The number of furan rings is 2. The maximum atomic E-state index is 8.79. The van der Waals surface area contributed by atoms with Crippen LogP contribution in [0.1, 0.15) is 77.5 Å². The molecule has 0 saturated carbocycles. The minimum Gasteiger partial charge on any atom is -0.500 e. The Morgan fingerprint density at radius 1 is 0.627 bits per heavy atom. The maximum Gasteiger partial charge on any atom is 0.136 e. The first-order chi connectivity index (χ1) is 27.8. The number of pyridine rings is 2. The van der Waals surface area contributed by atoms with Gasteiger partial charge in [-0.3, -0.25) is 0 Å². The van der Waals surface area contributed by atoms with E-state index in [4.69, 9.17) is 22.5 Å². The molecule has 4 aromatic carbocycles. The van der Waals surface area contributed by atoms with Gasteiger partial charge in [0.25, 0.3) is 0 Å². The van der Waals surface area contributed by atoms with Crippen molar-refractivity contribution in [3.8, 4) is 22.5 Å². The van der Waals surface area contributed by atoms with Gasteiger partial charge < -0.3 is 18.8 Å². The van der Waals surface area contributed by atoms with Crippen LogP contribution >= 0.6 is 0 Å². The average molecular weight is 859 g/mol. The molecular formula is C46H44IrN2O2-2. The van der Waals surface area contributed by atoms with Gasteiger partial charge in [0, 0.05) is 62.4 Å². The van der Waals surface area contributed by atoms with Crippen LogP contribution in [-0.2, 0) is 32.9 Å². The van der Waals surface area contributed by atoms with Crippen molar-refractivity contribution in [2.24, 2.45) is 10.8 Å². The van der Waals surface area contributed by atoms with Gasteiger partial charge in [-0.1, -0.05) is 95.7 Å². The molecule has 5 heteroatoms. The van der Waals surface area contributed by atoms with Crippen molar-refractivity contribution < 1.29 is 42.6 Å². The zero-order valence-corrected chi connectivity index (χ0v) is 31.7. The van der Waals surface area contributed by atoms with Crippen molar-refractivity contribution in [3.05, 3.63) is 132 Å². The Balaban J connectivity index is 0.000000225. The van der Waals surface area contributed by atoms with Gasteiger partial charge in [0.05, 0.1) is 5.58 Å². The molecule has 4 nitrogen and oxygen atoms in total. The third-order valence-electron chi connectivity index (χ3n) is 7.96. The van der Waals surface area contributed by atoms with Crippen molar-refractivity contribution in [3.63, 3.8) is 0 Å². The van der Waals surface area contributed by atoms with Gasteiger partial charge in [-0.15, -0.1) is 59.2 Å². The van der Waals surface area contributed by atoms with E-state index in [2.05, 4.69) is 22.1 Å². The van der Waals surface area contributed by atoms with Crippen molar-refractivity contribution in [2.75, 3.05) is 0 Å². The van der Waals surface area contributed by atoms with Crippen molar-refractivity contribution in [1.82, 2.24) is 9.97 Å². The molecule has 51 heavy (non-hydrogen) atoms. The van der Waals surface area contributed by atoms with Crippen LogP contribution in [0.25, 0.3) is 66.4 Å². The van der Waals surface area contributed by atoms with E-state index in [1.54, 1.807) is 57.2 Å². The van der Waals surface area contributed by atoms with Crippen LogP contribution < -0.4 is 0 Å². The summed E-state index contributed by atoms with van der Waals surface area (Å²) in [6.07, 6.45) is -0.599. The third-order valence-corrected chi connectivity index (χ3v) is 7.96. The Bertz CT molecular complexity index is 2860. The van der Waals surface area contributed by atoms with E-state index in [1.807, 2.05) is 63.2 Å². The molecule has 4 heterocycles. The number of hydrogen-bond acceptors (Lipinski definition) is 4. The van der Waals surface area contributed by atoms with Gasteiger partial charge >= 0.3 is 0 Å². The number of fused-ring (bicyclic) bond motifs is 6. The molecule has 1 radical (unpaired) electrons. The van der Waals surface area contributed by atoms with Gasteiger partial charge in [-0.2, -0.15) is 0 Å². The molecule has 8 aromatic rings. The summed E-state index contributed by atoms with van der Waals surface area (Å²) in [6.45, 7) is 6.18. The SMILES string of the molecule is [2H]C([2H])([2H])c1c[c-]c(-c2ccc(C([2H])([2H])C(C)(C)C)cn2)cc1.[2H]C([2H])([2H])c1cnc(-c2[c-]cc3oc4cc5c(cc4c3c2)oc2ccccc25)cc1C([2H])([2H])C(C)(C)C.[Ir]. The Hall–Kier alpha value is -4.57. The number of rotatable bonds is 4. The minimum absolute atomic E-state index is 0. The predicted octanol–water partition coefficient (Wildman–Crippen LogP) is 12.7. The third kappa shape index (κ3) is 8.17. The molecule has 0 bridgehead atoms. The van der Waals surface area contributed by atoms with Gasteiger partial charge in [-0.05, 0) is 71.1 Å². The Kier molecular flexibility index (Phi) is 7.08. The number of aromatic nitrogens is 2. The molecular weight excluding hydrogens is 805 g/mol. The molecule has 0 aliphatic carbocycles. The molecule has 0 atom stereocenters. The van der Waals surface area contributed by atoms with Crippen molar-refractivity contribution in [1.29, 1.82) is 0 Å². The second-order valence-corrected chi connectivity index (χ2v) is 14.5. The first-order valence-electron chi connectivity index (χ1n) is 21.5. The number of benzene rings is 4. The molecule has 0 fully saturated rings. The molecule has 8 rings (SSSR count). The van der Waals surface area contributed by atoms with Crippen LogP contribution in [0.4, 0.5) is 0 Å². The topological polar surface area (TPSA) is 52.1 Å². The summed E-state index contributed by atoms with van der Waals surface area (Å²) >= 11 is 0. The van der Waals surface area contributed by atoms with Gasteiger partial charge in [-0.25, -0.2) is 0 Å². The summed E-state index contributed by atoms with van der Waals surface area (Å²) in [5.74, 6) is 0. The minimum atomic E-state index is -2.49. The van der Waals surface area contributed by atoms with Gasteiger partial charge in [0.1, 0.15) is 16.7 Å². The first kappa shape index (κ1) is 25.4. The van der Waals surface area contributed by atoms with Crippen molar-refractivity contribution in [2.45, 2.75) is 68.0 Å². The molecule has 0 aliphatic heterocycles. The summed E-state index contributed by atoms with van der Waals surface area (Å²) in [5, 5.41) is 3.71. The fourth-order valence-corrected chi connectivity index (χ4v) is 5.84. The molecule has 0 saturated heterocycles. The van der Waals surface area contributed by atoms with E-state index in [0.717, 1.165) is 38.3 Å². The Morgan fingerprint density at radius 2 is 1.31 bits per heavy atom. The average Bonchev–Trinajstić information content (AvgIpc) is 3.72. The van der Waals surface area contributed by atoms with Gasteiger partial charge in [0.2, 0.25) is 0 Å². The van der Waals surface area contributed by atoms with Crippen LogP contribution in [0, 0.1) is 36.7 Å². The second kappa shape index (κ2) is 14.2. The Morgan fingerprint density at radius 3 is 1.98 bits per heavy atom. The van der Waals surface area contributed by atoms with E-state index >= 15 is 0 Å². The number of hydrogen-bond donors (Lipinski definition) is 0. The molecule has 0 aliphatic rings. The van der Waals surface area contributed by atoms with Crippen LogP contribution in [0.2, 0.25) is 0 Å². The van der Waals surface area contributed by atoms with Crippen molar-refractivity contribution >= 4 is 43.9 Å². The predicted molar refractivity (Wildman–Crippen MR) is 207 cm³/mol. The molecule has 261 valence electrons. The summed E-state index contributed by atoms with van der Waals surface area (Å²) in [7, 11) is 0. The summed E-state index contributed by atoms with van der Waals surface area (Å²) < 4.78 is 92.2. The van der Waals surface area contributed by atoms with E-state index in [1.165, 1.54) is 18.5 Å². The second-order valence-electron chi connectivity index (χ2n) is 14.5. The zero-order valence-electron chi connectivity index (χ0n) is 39.3. The maximum absolute atomic E-state index is 8.79. The van der Waals surface area contributed by atoms with Gasteiger partial charge in [0.15, 0.2) is 0 Å². The molecule has 0 unspecified atom stereocenters. The van der Waals surface area contributed by atoms with E-state index < -0.39 is 37.3 Å². The van der Waals surface area contributed by atoms with Crippen LogP contribution in [0.5, 0.6) is 0 Å². The Labute approximate surface area is 328 Å². The molecule has 4 aromatic heterocycles. The molecule has 0 amide bonds. The smallest absolute Gasteiger partial charge is 0.136 e. The number of aryl methyl sites for hydroxylation is 2. The van der Waals surface area contributed by atoms with Crippen LogP contribution in [0.3, 0.4) is 0 Å². The zero-order chi connectivity index (χ0) is 43.8. The van der Waals surface area contributed by atoms with E-state index in [9.17, 15) is 0 Å². The van der Waals surface area contributed by atoms with E-state index in [-0.39, 0.29) is 36.8 Å². The number of nitrogens with zero attached hydrogens (tertiary/aromatic N) is 2. The largest absolute Gasteiger partial charge is 0.500 e. The summed E-state index contributed by atoms with van der Waals surface area (Å²) in [4.78, 5) is 8.72. The van der Waals surface area contributed by atoms with Crippen LogP contribution in [0.15, 0.2) is 106 Å². The standard InChI is InChI=1S/C29H24NO2.C17H20N.Ir/c1-17-16-30-24(12-19(17)15-29(2,3)4)18-9-10-26-21(11-18)23-14-27-22(13-28(23)32-26)20-7-5-6-8-25(20)31-27;1-13-5-8-15(9-6-13)16-10-7-14(12-18-16)11-17(2,3)4;/h5-8,10-14,16H,15H2,1-4H3;5-8,10,12H,11H2,1-4H3;/q2*-1;/i1D3,15D2;1D3,11D2;. The number of para-hydroxylation sites is 1. The summed E-state index contributed by atoms with van der Waals surface area (Å²) in [6, 6.07) is 31.2. The monoisotopic (exact) mass is 859 g/mol. The fourth-order valence-electron chi connectivity index (χ4n) is 5.84. The summed E-state index contributed by atoms with van der Waals surface area (Å²) in [5.41, 5.74) is 4.72. The van der Waals surface area contributed by atoms with E-state index in [0.29, 0.717) is 33.7 Å². The fraction of sp³-hybridized carbons (Fsp3) is 0.261. The molecule has 0 spiro atoms.